The van der Waals surface area contributed by atoms with Crippen molar-refractivity contribution >= 4 is 5.96 Å². The van der Waals surface area contributed by atoms with E-state index in [1.165, 1.54) is 0 Å². The fourth-order valence-electron chi connectivity index (χ4n) is 1.68. The molecule has 0 aliphatic rings. The molecule has 2 N–H and O–H groups in total. The van der Waals surface area contributed by atoms with Gasteiger partial charge in [0.15, 0.2) is 5.96 Å². The molecule has 0 radical (unpaired) electrons. The molecule has 6 nitrogen and oxygen atoms in total. The molecule has 0 atom stereocenters. The molecule has 1 aromatic heterocycles. The highest BCUT2D eigenvalue weighted by atomic mass is 16.5. The number of ether oxygens (including phenoxy) is 2. The summed E-state index contributed by atoms with van der Waals surface area (Å²) in [6.45, 7) is 6.39. The van der Waals surface area contributed by atoms with Crippen LogP contribution in [-0.4, -0.2) is 46.0 Å². The summed E-state index contributed by atoms with van der Waals surface area (Å²) in [6.07, 6.45) is 3.72. The molecule has 1 heterocycles. The Labute approximate surface area is 126 Å². The molecule has 0 spiro atoms. The highest BCUT2D eigenvalue weighted by Gasteiger charge is 1.98. The Kier molecular flexibility index (Phi) is 10.2. The average molecular weight is 297 g/mol. The van der Waals surface area contributed by atoms with E-state index in [-0.39, 0.29) is 0 Å². The molecule has 0 saturated heterocycles. The van der Waals surface area contributed by atoms with Gasteiger partial charge in [-0.15, -0.1) is 0 Å². The molecule has 21 heavy (non-hydrogen) atoms. The number of hydrogen-bond donors (Lipinski definition) is 2. The number of guanidine groups is 1. The lowest BCUT2D eigenvalue weighted by molar-refractivity contribution is 0.0689. The van der Waals surface area contributed by atoms with Crippen LogP contribution in [-0.2, 0) is 16.0 Å². The van der Waals surface area contributed by atoms with E-state index >= 15 is 0 Å². The standard InChI is InChI=1S/C15H27N3O3/c1-3-16-15(18-13-14-7-6-10-21-14)17-8-4-5-9-20-12-11-19-2/h6-7,10H,3-5,8-9,11-13H2,1-2H3,(H2,16,17,18). The molecule has 6 heteroatoms. The first-order valence-electron chi connectivity index (χ1n) is 7.48. The molecule has 0 aliphatic carbocycles. The molecule has 0 saturated carbocycles. The van der Waals surface area contributed by atoms with Crippen molar-refractivity contribution in [3.05, 3.63) is 24.2 Å². The average Bonchev–Trinajstić information content (AvgIpc) is 3.00. The number of nitrogens with zero attached hydrogens (tertiary/aromatic N) is 1. The zero-order valence-electron chi connectivity index (χ0n) is 13.1. The van der Waals surface area contributed by atoms with Crippen molar-refractivity contribution in [1.29, 1.82) is 0 Å². The highest BCUT2D eigenvalue weighted by Crippen LogP contribution is 2.01. The summed E-state index contributed by atoms with van der Waals surface area (Å²) in [6, 6.07) is 3.79. The van der Waals surface area contributed by atoms with Crippen molar-refractivity contribution in [2.45, 2.75) is 26.3 Å². The molecule has 1 rings (SSSR count). The number of unbranched alkanes of at least 4 members (excludes halogenated alkanes) is 1. The molecule has 120 valence electrons. The smallest absolute Gasteiger partial charge is 0.191 e. The van der Waals surface area contributed by atoms with E-state index in [4.69, 9.17) is 13.9 Å². The van der Waals surface area contributed by atoms with E-state index in [0.717, 1.165) is 44.3 Å². The molecule has 0 amide bonds. The lowest BCUT2D eigenvalue weighted by Crippen LogP contribution is -2.37. The van der Waals surface area contributed by atoms with Crippen LogP contribution in [0, 0.1) is 0 Å². The van der Waals surface area contributed by atoms with Crippen molar-refractivity contribution in [3.63, 3.8) is 0 Å². The Morgan fingerprint density at radius 3 is 2.86 bits per heavy atom. The molecule has 0 bridgehead atoms. The maximum absolute atomic E-state index is 5.41. The molecular formula is C15H27N3O3. The second-order valence-corrected chi connectivity index (χ2v) is 4.51. The first-order chi connectivity index (χ1) is 10.4. The minimum Gasteiger partial charge on any atom is -0.467 e. The first kappa shape index (κ1) is 17.5. The van der Waals surface area contributed by atoms with Gasteiger partial charge in [-0.1, -0.05) is 0 Å². The van der Waals surface area contributed by atoms with Crippen molar-refractivity contribution in [3.8, 4) is 0 Å². The van der Waals surface area contributed by atoms with E-state index in [0.29, 0.717) is 19.8 Å². The third-order valence-corrected chi connectivity index (χ3v) is 2.76. The van der Waals surface area contributed by atoms with Crippen molar-refractivity contribution in [2.75, 3.05) is 40.0 Å². The summed E-state index contributed by atoms with van der Waals surface area (Å²) >= 11 is 0. The summed E-state index contributed by atoms with van der Waals surface area (Å²) in [5, 5.41) is 6.52. The van der Waals surface area contributed by atoms with Crippen LogP contribution >= 0.6 is 0 Å². The molecule has 1 aromatic rings. The van der Waals surface area contributed by atoms with Gasteiger partial charge in [-0.2, -0.15) is 0 Å². The Hall–Kier alpha value is -1.53. The lowest BCUT2D eigenvalue weighted by atomic mass is 10.3. The van der Waals surface area contributed by atoms with Gasteiger partial charge in [0, 0.05) is 26.8 Å². The topological polar surface area (TPSA) is 68.0 Å². The number of rotatable bonds is 11. The first-order valence-corrected chi connectivity index (χ1v) is 7.48. The van der Waals surface area contributed by atoms with Crippen molar-refractivity contribution < 1.29 is 13.9 Å². The summed E-state index contributed by atoms with van der Waals surface area (Å²) in [5.41, 5.74) is 0. The van der Waals surface area contributed by atoms with Crippen LogP contribution in [0.3, 0.4) is 0 Å². The van der Waals surface area contributed by atoms with Gasteiger partial charge in [0.1, 0.15) is 12.3 Å². The quantitative estimate of drug-likeness (QED) is 0.370. The monoisotopic (exact) mass is 297 g/mol. The van der Waals surface area contributed by atoms with Gasteiger partial charge in [-0.25, -0.2) is 4.99 Å². The second kappa shape index (κ2) is 12.2. The number of aliphatic imine (C=N–C) groups is 1. The Morgan fingerprint density at radius 2 is 2.14 bits per heavy atom. The Morgan fingerprint density at radius 1 is 1.24 bits per heavy atom. The number of nitrogens with one attached hydrogen (secondary N) is 2. The number of hydrogen-bond acceptors (Lipinski definition) is 4. The van der Waals surface area contributed by atoms with Crippen molar-refractivity contribution in [1.82, 2.24) is 10.6 Å². The summed E-state index contributed by atoms with van der Waals surface area (Å²) in [5.74, 6) is 1.67. The van der Waals surface area contributed by atoms with Crippen LogP contribution < -0.4 is 10.6 Å². The van der Waals surface area contributed by atoms with Gasteiger partial charge >= 0.3 is 0 Å². The molecule has 0 aromatic carbocycles. The number of furan rings is 1. The Bertz CT molecular complexity index is 366. The van der Waals surface area contributed by atoms with E-state index < -0.39 is 0 Å². The fourth-order valence-corrected chi connectivity index (χ4v) is 1.68. The van der Waals surface area contributed by atoms with E-state index in [9.17, 15) is 0 Å². The van der Waals surface area contributed by atoms with Gasteiger partial charge < -0.3 is 24.5 Å². The zero-order valence-corrected chi connectivity index (χ0v) is 13.1. The minimum absolute atomic E-state index is 0.544. The predicted molar refractivity (Wildman–Crippen MR) is 83.5 cm³/mol. The molecule has 0 unspecified atom stereocenters. The van der Waals surface area contributed by atoms with Crippen LogP contribution in [0.2, 0.25) is 0 Å². The normalized spacial score (nSPS) is 11.6. The zero-order chi connectivity index (χ0) is 15.2. The van der Waals surface area contributed by atoms with Gasteiger partial charge in [0.05, 0.1) is 19.5 Å². The van der Waals surface area contributed by atoms with Crippen LogP contribution in [0.25, 0.3) is 0 Å². The maximum Gasteiger partial charge on any atom is 0.191 e. The largest absolute Gasteiger partial charge is 0.467 e. The van der Waals surface area contributed by atoms with Crippen LogP contribution in [0.15, 0.2) is 27.8 Å². The third kappa shape index (κ3) is 9.10. The summed E-state index contributed by atoms with van der Waals surface area (Å²) in [7, 11) is 1.68. The van der Waals surface area contributed by atoms with E-state index in [2.05, 4.69) is 15.6 Å². The lowest BCUT2D eigenvalue weighted by Gasteiger charge is -2.11. The molecular weight excluding hydrogens is 270 g/mol. The SMILES string of the molecule is CCNC(=NCc1ccco1)NCCCCOCCOC. The summed E-state index contributed by atoms with van der Waals surface area (Å²) in [4.78, 5) is 4.47. The van der Waals surface area contributed by atoms with Gasteiger partial charge in [-0.05, 0) is 31.9 Å². The van der Waals surface area contributed by atoms with Crippen molar-refractivity contribution in [2.24, 2.45) is 4.99 Å². The fraction of sp³-hybridized carbons (Fsp3) is 0.667. The van der Waals surface area contributed by atoms with Gasteiger partial charge in [0.2, 0.25) is 0 Å². The second-order valence-electron chi connectivity index (χ2n) is 4.51. The van der Waals surface area contributed by atoms with E-state index in [1.54, 1.807) is 13.4 Å². The highest BCUT2D eigenvalue weighted by molar-refractivity contribution is 5.79. The van der Waals surface area contributed by atoms with E-state index in [1.807, 2.05) is 19.1 Å². The number of methoxy groups -OCH3 is 1. The van der Waals surface area contributed by atoms with Gasteiger partial charge in [0.25, 0.3) is 0 Å². The molecule has 0 aliphatic heterocycles. The van der Waals surface area contributed by atoms with Gasteiger partial charge in [-0.3, -0.25) is 0 Å². The Balaban J connectivity index is 2.11. The summed E-state index contributed by atoms with van der Waals surface area (Å²) < 4.78 is 15.6. The maximum atomic E-state index is 5.41. The van der Waals surface area contributed by atoms with Crippen LogP contribution in [0.4, 0.5) is 0 Å². The molecule has 0 fully saturated rings. The van der Waals surface area contributed by atoms with Crippen LogP contribution in [0.5, 0.6) is 0 Å². The third-order valence-electron chi connectivity index (χ3n) is 2.76. The van der Waals surface area contributed by atoms with Crippen LogP contribution in [0.1, 0.15) is 25.5 Å². The predicted octanol–water partition coefficient (Wildman–Crippen LogP) is 1.78. The minimum atomic E-state index is 0.544.